The predicted octanol–water partition coefficient (Wildman–Crippen LogP) is 4.00. The van der Waals surface area contributed by atoms with E-state index in [1.807, 2.05) is 37.7 Å². The summed E-state index contributed by atoms with van der Waals surface area (Å²) in [6, 6.07) is 8.35. The molecule has 0 atom stereocenters. The van der Waals surface area contributed by atoms with Gasteiger partial charge < -0.3 is 5.73 Å². The Balaban J connectivity index is 2.42. The molecular weight excluding hydrogens is 228 g/mol. The molecule has 0 radical (unpaired) electrons. The highest BCUT2D eigenvalue weighted by Crippen LogP contribution is 2.28. The normalized spacial score (nSPS) is 11.2. The van der Waals surface area contributed by atoms with Gasteiger partial charge >= 0.3 is 0 Å². The number of nitrogens with two attached hydrogens (primary N) is 1. The quantitative estimate of drug-likeness (QED) is 0.487. The summed E-state index contributed by atoms with van der Waals surface area (Å²) < 4.78 is 0. The summed E-state index contributed by atoms with van der Waals surface area (Å²) in [6.07, 6.45) is 2.00. The molecule has 0 heterocycles. The first-order chi connectivity index (χ1) is 7.96. The number of nitrogen functional groups attached to an aromatic ring is 1. The molecule has 2 nitrogen and oxygen atoms in total. The molecule has 0 amide bonds. The Bertz CT molecular complexity index is 419. The van der Waals surface area contributed by atoms with Crippen LogP contribution >= 0.6 is 11.8 Å². The number of hydrogen-bond acceptors (Lipinski definition) is 3. The fourth-order valence-electron chi connectivity index (χ4n) is 1.54. The summed E-state index contributed by atoms with van der Waals surface area (Å²) in [4.78, 5) is 1.25. The fourth-order valence-corrected chi connectivity index (χ4v) is 2.56. The zero-order valence-electron chi connectivity index (χ0n) is 10.8. The van der Waals surface area contributed by atoms with Gasteiger partial charge in [0, 0.05) is 10.6 Å². The van der Waals surface area contributed by atoms with Crippen LogP contribution in [0, 0.1) is 23.7 Å². The maximum absolute atomic E-state index is 8.92. The smallest absolute Gasteiger partial charge is 0.0683 e. The lowest BCUT2D eigenvalue weighted by molar-refractivity contribution is 0.448. The lowest BCUT2D eigenvalue weighted by Crippen LogP contribution is -2.07. The molecule has 0 aromatic heterocycles. The van der Waals surface area contributed by atoms with E-state index < -0.39 is 0 Å². The number of rotatable bonds is 5. The van der Waals surface area contributed by atoms with Crippen LogP contribution in [0.5, 0.6) is 0 Å². The van der Waals surface area contributed by atoms with E-state index in [1.165, 1.54) is 4.90 Å². The Morgan fingerprint density at radius 3 is 2.76 bits per heavy atom. The van der Waals surface area contributed by atoms with Crippen LogP contribution in [0.4, 0.5) is 5.69 Å². The molecule has 0 aliphatic rings. The van der Waals surface area contributed by atoms with E-state index >= 15 is 0 Å². The maximum atomic E-state index is 8.92. The molecule has 1 rings (SSSR count). The van der Waals surface area contributed by atoms with Crippen molar-refractivity contribution in [2.24, 2.45) is 5.41 Å². The Morgan fingerprint density at radius 1 is 1.41 bits per heavy atom. The second-order valence-electron chi connectivity index (χ2n) is 4.92. The highest BCUT2D eigenvalue weighted by atomic mass is 32.2. The molecule has 0 fully saturated rings. The van der Waals surface area contributed by atoms with Gasteiger partial charge in [-0.15, -0.1) is 11.8 Å². The van der Waals surface area contributed by atoms with Crippen molar-refractivity contribution in [2.45, 2.75) is 38.5 Å². The molecular formula is C14H20N2S. The Morgan fingerprint density at radius 2 is 2.12 bits per heavy atom. The summed E-state index contributed by atoms with van der Waals surface area (Å²) in [5.41, 5.74) is 7.67. The SMILES string of the molecule is Cc1c(N)cccc1SCCCC(C)(C)C#N. The molecule has 0 bridgehead atoms. The summed E-state index contributed by atoms with van der Waals surface area (Å²) >= 11 is 1.82. The minimum Gasteiger partial charge on any atom is -0.398 e. The van der Waals surface area contributed by atoms with Gasteiger partial charge in [-0.3, -0.25) is 0 Å². The molecule has 0 aliphatic heterocycles. The van der Waals surface area contributed by atoms with Crippen LogP contribution in [-0.2, 0) is 0 Å². The van der Waals surface area contributed by atoms with E-state index in [0.29, 0.717) is 0 Å². The zero-order valence-corrected chi connectivity index (χ0v) is 11.6. The van der Waals surface area contributed by atoms with Crippen LogP contribution in [0.15, 0.2) is 23.1 Å². The average Bonchev–Trinajstić information content (AvgIpc) is 2.30. The van der Waals surface area contributed by atoms with Crippen molar-refractivity contribution in [3.63, 3.8) is 0 Å². The van der Waals surface area contributed by atoms with Crippen LogP contribution < -0.4 is 5.73 Å². The number of anilines is 1. The van der Waals surface area contributed by atoms with Gasteiger partial charge in [0.15, 0.2) is 0 Å². The van der Waals surface area contributed by atoms with Gasteiger partial charge in [-0.1, -0.05) is 6.07 Å². The van der Waals surface area contributed by atoms with Gasteiger partial charge in [-0.2, -0.15) is 5.26 Å². The van der Waals surface area contributed by atoms with Gasteiger partial charge in [0.25, 0.3) is 0 Å². The Labute approximate surface area is 108 Å². The lowest BCUT2D eigenvalue weighted by Gasteiger charge is -2.14. The van der Waals surface area contributed by atoms with Crippen molar-refractivity contribution in [3.8, 4) is 6.07 Å². The number of nitriles is 1. The standard InChI is InChI=1S/C14H20N2S/c1-11-12(16)6-4-7-13(11)17-9-5-8-14(2,3)10-15/h4,6-7H,5,8-9,16H2,1-3H3. The molecule has 2 N–H and O–H groups in total. The van der Waals surface area contributed by atoms with Crippen LogP contribution in [0.3, 0.4) is 0 Å². The largest absolute Gasteiger partial charge is 0.398 e. The van der Waals surface area contributed by atoms with Crippen molar-refractivity contribution in [1.29, 1.82) is 5.26 Å². The van der Waals surface area contributed by atoms with Crippen LogP contribution in [0.1, 0.15) is 32.3 Å². The summed E-state index contributed by atoms with van der Waals surface area (Å²) in [7, 11) is 0. The number of benzene rings is 1. The number of nitrogens with zero attached hydrogens (tertiary/aromatic N) is 1. The highest BCUT2D eigenvalue weighted by molar-refractivity contribution is 7.99. The second kappa shape index (κ2) is 5.97. The van der Waals surface area contributed by atoms with Gasteiger partial charge in [0.1, 0.15) is 0 Å². The molecule has 17 heavy (non-hydrogen) atoms. The van der Waals surface area contributed by atoms with Crippen LogP contribution in [0.2, 0.25) is 0 Å². The van der Waals surface area contributed by atoms with Crippen molar-refractivity contribution in [1.82, 2.24) is 0 Å². The van der Waals surface area contributed by atoms with Gasteiger partial charge in [-0.25, -0.2) is 0 Å². The van der Waals surface area contributed by atoms with E-state index in [2.05, 4.69) is 19.1 Å². The molecule has 1 aromatic rings. The highest BCUT2D eigenvalue weighted by Gasteiger charge is 2.15. The third-order valence-electron chi connectivity index (χ3n) is 2.83. The summed E-state index contributed by atoms with van der Waals surface area (Å²) in [5.74, 6) is 1.04. The number of thioether (sulfide) groups is 1. The van der Waals surface area contributed by atoms with Crippen molar-refractivity contribution < 1.29 is 0 Å². The Hall–Kier alpha value is -1.14. The molecule has 92 valence electrons. The van der Waals surface area contributed by atoms with Crippen LogP contribution in [0.25, 0.3) is 0 Å². The maximum Gasteiger partial charge on any atom is 0.0683 e. The van der Waals surface area contributed by atoms with E-state index in [4.69, 9.17) is 11.0 Å². The lowest BCUT2D eigenvalue weighted by atomic mass is 9.90. The molecule has 1 aromatic carbocycles. The van der Waals surface area contributed by atoms with E-state index in [0.717, 1.165) is 29.8 Å². The zero-order chi connectivity index (χ0) is 12.9. The molecule has 0 saturated heterocycles. The third kappa shape index (κ3) is 4.32. The van der Waals surface area contributed by atoms with E-state index in [9.17, 15) is 0 Å². The first-order valence-corrected chi connectivity index (χ1v) is 6.84. The Kier molecular flexibility index (Phi) is 4.89. The fraction of sp³-hybridized carbons (Fsp3) is 0.500. The van der Waals surface area contributed by atoms with Gasteiger partial charge in [0.2, 0.25) is 0 Å². The molecule has 0 aliphatic carbocycles. The molecule has 0 unspecified atom stereocenters. The topological polar surface area (TPSA) is 49.8 Å². The minimum atomic E-state index is -0.203. The second-order valence-corrected chi connectivity index (χ2v) is 6.05. The molecule has 0 saturated carbocycles. The molecule has 0 spiro atoms. The van der Waals surface area contributed by atoms with Crippen molar-refractivity contribution in [2.75, 3.05) is 11.5 Å². The van der Waals surface area contributed by atoms with Crippen molar-refractivity contribution in [3.05, 3.63) is 23.8 Å². The third-order valence-corrected chi connectivity index (χ3v) is 4.08. The summed E-state index contributed by atoms with van der Waals surface area (Å²) in [5, 5.41) is 8.92. The van der Waals surface area contributed by atoms with E-state index in [-0.39, 0.29) is 5.41 Å². The average molecular weight is 248 g/mol. The van der Waals surface area contributed by atoms with Crippen molar-refractivity contribution >= 4 is 17.4 Å². The minimum absolute atomic E-state index is 0.203. The molecule has 3 heteroatoms. The first-order valence-electron chi connectivity index (χ1n) is 5.85. The van der Waals surface area contributed by atoms with E-state index in [1.54, 1.807) is 0 Å². The predicted molar refractivity (Wildman–Crippen MR) is 74.9 cm³/mol. The van der Waals surface area contributed by atoms with Crippen LogP contribution in [-0.4, -0.2) is 5.75 Å². The first kappa shape index (κ1) is 13.9. The summed E-state index contributed by atoms with van der Waals surface area (Å²) in [6.45, 7) is 6.03. The number of hydrogen-bond donors (Lipinski definition) is 1. The van der Waals surface area contributed by atoms with Gasteiger partial charge in [0.05, 0.1) is 11.5 Å². The monoisotopic (exact) mass is 248 g/mol. The van der Waals surface area contributed by atoms with Gasteiger partial charge in [-0.05, 0) is 57.1 Å².